The molecule has 0 saturated carbocycles. The average Bonchev–Trinajstić information content (AvgIpc) is 2.41. The van der Waals surface area contributed by atoms with Crippen LogP contribution in [0, 0.1) is 5.82 Å². The molecule has 2 N–H and O–H groups in total. The van der Waals surface area contributed by atoms with Gasteiger partial charge >= 0.3 is 5.97 Å². The Bertz CT molecular complexity index is 668. The number of rotatable bonds is 4. The van der Waals surface area contributed by atoms with Crippen LogP contribution in [0.25, 0.3) is 0 Å². The van der Waals surface area contributed by atoms with Gasteiger partial charge in [-0.1, -0.05) is 11.6 Å². The Morgan fingerprint density at radius 1 is 1.19 bits per heavy atom. The molecule has 1 unspecified atom stereocenters. The summed E-state index contributed by atoms with van der Waals surface area (Å²) in [4.78, 5) is 10.9. The molecule has 2 aromatic carbocycles. The monoisotopic (exact) mass is 310 g/mol. The summed E-state index contributed by atoms with van der Waals surface area (Å²) in [6, 6.07) is 10.0. The second kappa shape index (κ2) is 5.71. The van der Waals surface area contributed by atoms with E-state index in [1.807, 2.05) is 0 Å². The summed E-state index contributed by atoms with van der Waals surface area (Å²) in [5.41, 5.74) is -2.64. The van der Waals surface area contributed by atoms with Gasteiger partial charge in [-0.15, -0.1) is 0 Å². The zero-order valence-electron chi connectivity index (χ0n) is 11.0. The van der Waals surface area contributed by atoms with E-state index >= 15 is 0 Å². The molecule has 0 radical (unpaired) electrons. The molecule has 6 heteroatoms. The number of hydrogen-bond acceptors (Lipinski definition) is 3. The topological polar surface area (TPSA) is 66.8 Å². The molecule has 21 heavy (non-hydrogen) atoms. The molecule has 0 aromatic heterocycles. The normalized spacial score (nSPS) is 13.5. The fourth-order valence-corrected chi connectivity index (χ4v) is 1.83. The number of ether oxygens (including phenoxy) is 1. The molecule has 0 aliphatic rings. The van der Waals surface area contributed by atoms with Crippen LogP contribution in [-0.4, -0.2) is 16.2 Å². The summed E-state index contributed by atoms with van der Waals surface area (Å²) in [6.07, 6.45) is 0. The number of hydrogen-bond donors (Lipinski definition) is 2. The predicted octanol–water partition coefficient (Wildman–Crippen LogP) is 3.56. The standard InChI is InChI=1S/C15H12ClFO4/c1-15(20,14(18)19)12-7-6-11(8-13(12)17)21-10-4-2-9(16)3-5-10/h2-8,20H,1H3,(H,18,19). The first kappa shape index (κ1) is 15.3. The molecule has 110 valence electrons. The molecule has 0 spiro atoms. The van der Waals surface area contributed by atoms with E-state index < -0.39 is 17.4 Å². The maximum absolute atomic E-state index is 13.9. The molecule has 2 aromatic rings. The lowest BCUT2D eigenvalue weighted by Gasteiger charge is -2.19. The fourth-order valence-electron chi connectivity index (χ4n) is 1.71. The lowest BCUT2D eigenvalue weighted by molar-refractivity contribution is -0.157. The van der Waals surface area contributed by atoms with Crippen LogP contribution in [-0.2, 0) is 10.4 Å². The van der Waals surface area contributed by atoms with Crippen LogP contribution < -0.4 is 4.74 Å². The molecule has 0 heterocycles. The van der Waals surface area contributed by atoms with Gasteiger partial charge in [0.05, 0.1) is 0 Å². The lowest BCUT2D eigenvalue weighted by Crippen LogP contribution is -2.32. The van der Waals surface area contributed by atoms with E-state index in [9.17, 15) is 14.3 Å². The number of carboxylic acids is 1. The second-order valence-electron chi connectivity index (χ2n) is 4.58. The van der Waals surface area contributed by atoms with Crippen molar-refractivity contribution >= 4 is 17.6 Å². The number of aliphatic hydroxyl groups is 1. The van der Waals surface area contributed by atoms with Crippen LogP contribution in [0.4, 0.5) is 4.39 Å². The van der Waals surface area contributed by atoms with Crippen molar-refractivity contribution in [2.45, 2.75) is 12.5 Å². The van der Waals surface area contributed by atoms with Gasteiger partial charge in [0, 0.05) is 16.7 Å². The van der Waals surface area contributed by atoms with Crippen LogP contribution in [0.5, 0.6) is 11.5 Å². The van der Waals surface area contributed by atoms with E-state index in [1.54, 1.807) is 24.3 Å². The van der Waals surface area contributed by atoms with Gasteiger partial charge in [0.15, 0.2) is 5.60 Å². The summed E-state index contributed by atoms with van der Waals surface area (Å²) in [5, 5.41) is 19.2. The average molecular weight is 311 g/mol. The minimum Gasteiger partial charge on any atom is -0.479 e. The van der Waals surface area contributed by atoms with E-state index in [4.69, 9.17) is 21.4 Å². The highest BCUT2D eigenvalue weighted by molar-refractivity contribution is 6.30. The third-order valence-corrected chi connectivity index (χ3v) is 3.18. The molecule has 0 aliphatic carbocycles. The molecule has 0 fully saturated rings. The van der Waals surface area contributed by atoms with E-state index in [0.717, 1.165) is 13.0 Å². The molecule has 0 bridgehead atoms. The number of aliphatic carboxylic acids is 1. The van der Waals surface area contributed by atoms with Crippen molar-refractivity contribution in [1.29, 1.82) is 0 Å². The Labute approximate surface area is 125 Å². The molecule has 0 saturated heterocycles. The maximum atomic E-state index is 13.9. The molecular weight excluding hydrogens is 299 g/mol. The molecule has 1 atom stereocenters. The summed E-state index contributed by atoms with van der Waals surface area (Å²) in [7, 11) is 0. The van der Waals surface area contributed by atoms with Crippen LogP contribution in [0.1, 0.15) is 12.5 Å². The summed E-state index contributed by atoms with van der Waals surface area (Å²) in [5.74, 6) is -1.77. The van der Waals surface area contributed by atoms with Gasteiger partial charge in [0.1, 0.15) is 17.3 Å². The lowest BCUT2D eigenvalue weighted by atomic mass is 9.95. The highest BCUT2D eigenvalue weighted by Gasteiger charge is 2.35. The van der Waals surface area contributed by atoms with Crippen molar-refractivity contribution in [3.05, 3.63) is 58.9 Å². The van der Waals surface area contributed by atoms with Gasteiger partial charge in [0.25, 0.3) is 0 Å². The van der Waals surface area contributed by atoms with Crippen LogP contribution in [0.15, 0.2) is 42.5 Å². The quantitative estimate of drug-likeness (QED) is 0.906. The summed E-state index contributed by atoms with van der Waals surface area (Å²) in [6.45, 7) is 1.01. The molecule has 4 nitrogen and oxygen atoms in total. The fraction of sp³-hybridized carbons (Fsp3) is 0.133. The Balaban J connectivity index is 2.27. The first-order valence-corrected chi connectivity index (χ1v) is 6.37. The third-order valence-electron chi connectivity index (χ3n) is 2.93. The Kier molecular flexibility index (Phi) is 4.16. The second-order valence-corrected chi connectivity index (χ2v) is 5.01. The zero-order valence-corrected chi connectivity index (χ0v) is 11.8. The van der Waals surface area contributed by atoms with Crippen molar-refractivity contribution < 1.29 is 24.1 Å². The van der Waals surface area contributed by atoms with E-state index in [-0.39, 0.29) is 11.3 Å². The van der Waals surface area contributed by atoms with Crippen LogP contribution >= 0.6 is 11.6 Å². The Hall–Kier alpha value is -2.11. The van der Waals surface area contributed by atoms with Crippen molar-refractivity contribution in [3.63, 3.8) is 0 Å². The van der Waals surface area contributed by atoms with E-state index in [1.165, 1.54) is 12.1 Å². The van der Waals surface area contributed by atoms with Gasteiger partial charge in [-0.3, -0.25) is 0 Å². The molecule has 0 amide bonds. The highest BCUT2D eigenvalue weighted by atomic mass is 35.5. The Morgan fingerprint density at radius 3 is 2.29 bits per heavy atom. The van der Waals surface area contributed by atoms with Crippen molar-refractivity contribution in [1.82, 2.24) is 0 Å². The number of carboxylic acid groups (broad SMARTS) is 1. The van der Waals surface area contributed by atoms with Gasteiger partial charge < -0.3 is 14.9 Å². The number of halogens is 2. The van der Waals surface area contributed by atoms with Crippen molar-refractivity contribution in [2.24, 2.45) is 0 Å². The first-order chi connectivity index (χ1) is 9.80. The SMILES string of the molecule is CC(O)(C(=O)O)c1ccc(Oc2ccc(Cl)cc2)cc1F. The van der Waals surface area contributed by atoms with E-state index in [2.05, 4.69) is 0 Å². The van der Waals surface area contributed by atoms with E-state index in [0.29, 0.717) is 10.8 Å². The molecule has 0 aliphatic heterocycles. The molecule has 2 rings (SSSR count). The number of carbonyl (C=O) groups is 1. The predicted molar refractivity (Wildman–Crippen MR) is 75.1 cm³/mol. The summed E-state index contributed by atoms with van der Waals surface area (Å²) < 4.78 is 19.4. The van der Waals surface area contributed by atoms with Crippen LogP contribution in [0.3, 0.4) is 0 Å². The Morgan fingerprint density at radius 2 is 1.76 bits per heavy atom. The first-order valence-electron chi connectivity index (χ1n) is 6.00. The smallest absolute Gasteiger partial charge is 0.340 e. The minimum absolute atomic E-state index is 0.180. The minimum atomic E-state index is -2.30. The maximum Gasteiger partial charge on any atom is 0.340 e. The zero-order chi connectivity index (χ0) is 15.6. The highest BCUT2D eigenvalue weighted by Crippen LogP contribution is 2.29. The van der Waals surface area contributed by atoms with Crippen molar-refractivity contribution in [2.75, 3.05) is 0 Å². The van der Waals surface area contributed by atoms with Gasteiger partial charge in [0.2, 0.25) is 0 Å². The van der Waals surface area contributed by atoms with Crippen LogP contribution in [0.2, 0.25) is 5.02 Å². The third kappa shape index (κ3) is 3.32. The van der Waals surface area contributed by atoms with Gasteiger partial charge in [-0.25, -0.2) is 9.18 Å². The largest absolute Gasteiger partial charge is 0.479 e. The van der Waals surface area contributed by atoms with Crippen molar-refractivity contribution in [3.8, 4) is 11.5 Å². The van der Waals surface area contributed by atoms with Gasteiger partial charge in [-0.2, -0.15) is 0 Å². The summed E-state index contributed by atoms with van der Waals surface area (Å²) >= 11 is 5.74. The number of benzene rings is 2. The van der Waals surface area contributed by atoms with Gasteiger partial charge in [-0.05, 0) is 43.3 Å². The molecular formula is C15H12ClFO4.